The van der Waals surface area contributed by atoms with Crippen LogP contribution < -0.4 is 14.5 Å². The van der Waals surface area contributed by atoms with Crippen molar-refractivity contribution in [3.05, 3.63) is 53.6 Å². The monoisotopic (exact) mass is 386 g/mol. The maximum absolute atomic E-state index is 13.4. The Bertz CT molecular complexity index is 1000. The number of sulfone groups is 1. The van der Waals surface area contributed by atoms with E-state index in [2.05, 4.69) is 0 Å². The zero-order valence-electron chi connectivity index (χ0n) is 15.5. The van der Waals surface area contributed by atoms with Crippen molar-refractivity contribution < 1.29 is 17.9 Å². The lowest BCUT2D eigenvalue weighted by atomic mass is 10.1. The average Bonchev–Trinajstić information content (AvgIpc) is 3.06. The Morgan fingerprint density at radius 1 is 0.963 bits per heavy atom. The van der Waals surface area contributed by atoms with E-state index in [9.17, 15) is 13.2 Å². The summed E-state index contributed by atoms with van der Waals surface area (Å²) < 4.78 is 29.9. The highest BCUT2D eigenvalue weighted by atomic mass is 32.2. The molecule has 0 bridgehead atoms. The molecule has 6 nitrogen and oxygen atoms in total. The summed E-state index contributed by atoms with van der Waals surface area (Å²) in [5, 5.41) is 0. The van der Waals surface area contributed by atoms with Crippen molar-refractivity contribution in [1.29, 1.82) is 0 Å². The predicted octanol–water partition coefficient (Wildman–Crippen LogP) is 2.92. The molecule has 2 unspecified atom stereocenters. The molecule has 142 valence electrons. The highest BCUT2D eigenvalue weighted by Gasteiger charge is 2.54. The van der Waals surface area contributed by atoms with E-state index in [1.54, 1.807) is 41.2 Å². The number of carbonyl (C=O) groups is 1. The highest BCUT2D eigenvalue weighted by Crippen LogP contribution is 2.39. The lowest BCUT2D eigenvalue weighted by molar-refractivity contribution is 0.255. The first-order chi connectivity index (χ1) is 12.8. The Labute approximate surface area is 159 Å². The van der Waals surface area contributed by atoms with Gasteiger partial charge >= 0.3 is 6.03 Å². The molecule has 2 aromatic carbocycles. The quantitative estimate of drug-likeness (QED) is 0.761. The molecule has 0 aromatic heterocycles. The van der Waals surface area contributed by atoms with Gasteiger partial charge in [0.2, 0.25) is 0 Å². The maximum Gasteiger partial charge on any atom is 0.329 e. The smallest absolute Gasteiger partial charge is 0.329 e. The van der Waals surface area contributed by atoms with Crippen molar-refractivity contribution in [2.24, 2.45) is 0 Å². The minimum Gasteiger partial charge on any atom is -0.497 e. The molecule has 7 heteroatoms. The third-order valence-electron chi connectivity index (χ3n) is 5.56. The summed E-state index contributed by atoms with van der Waals surface area (Å²) in [4.78, 5) is 16.7. The largest absolute Gasteiger partial charge is 0.497 e. The molecule has 2 saturated heterocycles. The minimum atomic E-state index is -3.21. The number of anilines is 2. The number of rotatable bonds is 3. The van der Waals surface area contributed by atoms with E-state index in [4.69, 9.17) is 4.74 Å². The molecular formula is C20H22N2O4S. The summed E-state index contributed by atoms with van der Waals surface area (Å²) in [5.74, 6) is 0.660. The maximum atomic E-state index is 13.4. The molecule has 4 rings (SSSR count). The van der Waals surface area contributed by atoms with Gasteiger partial charge in [0.1, 0.15) is 5.75 Å². The van der Waals surface area contributed by atoms with Crippen molar-refractivity contribution in [3.63, 3.8) is 0 Å². The van der Waals surface area contributed by atoms with Crippen molar-refractivity contribution in [2.75, 3.05) is 28.4 Å². The van der Waals surface area contributed by atoms with Crippen molar-refractivity contribution >= 4 is 27.2 Å². The standard InChI is InChI=1S/C20H22N2O4S/c1-13-5-4-6-17(14(13)2)22-19-12-27(24,25)11-18(19)21(20(22)23)15-7-9-16(26-3)10-8-15/h4-10,18-19H,11-12H2,1-3H3. The van der Waals surface area contributed by atoms with Crippen LogP contribution in [0.15, 0.2) is 42.5 Å². The van der Waals surface area contributed by atoms with E-state index in [1.807, 2.05) is 32.0 Å². The SMILES string of the molecule is COc1ccc(N2C(=O)N(c3cccc(C)c3C)C3CS(=O)(=O)CC32)cc1. The molecule has 2 atom stereocenters. The van der Waals surface area contributed by atoms with Crippen LogP contribution in [0.25, 0.3) is 0 Å². The molecule has 2 heterocycles. The van der Waals surface area contributed by atoms with Crippen LogP contribution >= 0.6 is 0 Å². The fourth-order valence-corrected chi connectivity index (χ4v) is 5.95. The molecule has 0 spiro atoms. The predicted molar refractivity (Wildman–Crippen MR) is 105 cm³/mol. The van der Waals surface area contributed by atoms with Gasteiger partial charge in [0.25, 0.3) is 0 Å². The second-order valence-electron chi connectivity index (χ2n) is 7.15. The molecule has 0 aliphatic carbocycles. The Morgan fingerprint density at radius 3 is 2.22 bits per heavy atom. The zero-order valence-corrected chi connectivity index (χ0v) is 16.4. The number of fused-ring (bicyclic) bond motifs is 1. The molecule has 2 aromatic rings. The molecule has 0 N–H and O–H groups in total. The number of carbonyl (C=O) groups excluding carboxylic acids is 1. The molecule has 27 heavy (non-hydrogen) atoms. The van der Waals surface area contributed by atoms with Gasteiger partial charge in [-0.2, -0.15) is 0 Å². The third kappa shape index (κ3) is 2.86. The van der Waals surface area contributed by atoms with Gasteiger partial charge in [-0.3, -0.25) is 9.80 Å². The zero-order chi connectivity index (χ0) is 19.3. The summed E-state index contributed by atoms with van der Waals surface area (Å²) in [6.07, 6.45) is 0. The topological polar surface area (TPSA) is 66.9 Å². The summed E-state index contributed by atoms with van der Waals surface area (Å²) in [6, 6.07) is 12.0. The number of urea groups is 1. The number of ether oxygens (including phenoxy) is 1. The number of methoxy groups -OCH3 is 1. The van der Waals surface area contributed by atoms with E-state index >= 15 is 0 Å². The first-order valence-corrected chi connectivity index (χ1v) is 10.7. The highest BCUT2D eigenvalue weighted by molar-refractivity contribution is 7.91. The van der Waals surface area contributed by atoms with Crippen LogP contribution in [0, 0.1) is 13.8 Å². The van der Waals surface area contributed by atoms with E-state index in [0.29, 0.717) is 11.4 Å². The molecule has 0 saturated carbocycles. The normalized spacial score (nSPS) is 23.6. The first kappa shape index (κ1) is 17.9. The molecule has 2 fully saturated rings. The Hall–Kier alpha value is -2.54. The second kappa shape index (κ2) is 6.27. The Kier molecular flexibility index (Phi) is 4.14. The van der Waals surface area contributed by atoms with Gasteiger partial charge in [0.15, 0.2) is 9.84 Å². The summed E-state index contributed by atoms with van der Waals surface area (Å²) in [7, 11) is -1.63. The van der Waals surface area contributed by atoms with Crippen LogP contribution in [0.4, 0.5) is 16.2 Å². The second-order valence-corrected chi connectivity index (χ2v) is 9.31. The summed E-state index contributed by atoms with van der Waals surface area (Å²) >= 11 is 0. The summed E-state index contributed by atoms with van der Waals surface area (Å²) in [6.45, 7) is 3.95. The van der Waals surface area contributed by atoms with Crippen LogP contribution in [0.5, 0.6) is 5.75 Å². The van der Waals surface area contributed by atoms with Crippen LogP contribution in [-0.4, -0.2) is 45.1 Å². The number of hydrogen-bond donors (Lipinski definition) is 0. The third-order valence-corrected chi connectivity index (χ3v) is 7.25. The van der Waals surface area contributed by atoms with Gasteiger partial charge < -0.3 is 4.74 Å². The van der Waals surface area contributed by atoms with Gasteiger partial charge in [0, 0.05) is 11.4 Å². The van der Waals surface area contributed by atoms with E-state index in [-0.39, 0.29) is 23.6 Å². The first-order valence-electron chi connectivity index (χ1n) is 8.85. The number of benzene rings is 2. The van der Waals surface area contributed by atoms with Crippen LogP contribution in [0.1, 0.15) is 11.1 Å². The molecular weight excluding hydrogens is 364 g/mol. The summed E-state index contributed by atoms with van der Waals surface area (Å²) in [5.41, 5.74) is 3.52. The minimum absolute atomic E-state index is 0.0105. The number of aryl methyl sites for hydroxylation is 1. The van der Waals surface area contributed by atoms with E-state index in [0.717, 1.165) is 16.8 Å². The number of nitrogens with zero attached hydrogens (tertiary/aromatic N) is 2. The molecule has 2 amide bonds. The van der Waals surface area contributed by atoms with Gasteiger partial charge in [-0.15, -0.1) is 0 Å². The molecule has 2 aliphatic rings. The van der Waals surface area contributed by atoms with Crippen molar-refractivity contribution in [2.45, 2.75) is 25.9 Å². The fraction of sp³-hybridized carbons (Fsp3) is 0.350. The Morgan fingerprint density at radius 2 is 1.59 bits per heavy atom. The van der Waals surface area contributed by atoms with E-state index < -0.39 is 15.9 Å². The van der Waals surface area contributed by atoms with Gasteiger partial charge in [-0.05, 0) is 55.3 Å². The van der Waals surface area contributed by atoms with Crippen molar-refractivity contribution in [3.8, 4) is 5.75 Å². The lowest BCUT2D eigenvalue weighted by Gasteiger charge is -2.24. The van der Waals surface area contributed by atoms with Crippen LogP contribution in [0.3, 0.4) is 0 Å². The molecule has 0 radical (unpaired) electrons. The fourth-order valence-electron chi connectivity index (χ4n) is 4.03. The number of hydrogen-bond acceptors (Lipinski definition) is 4. The van der Waals surface area contributed by atoms with Gasteiger partial charge in [0.05, 0.1) is 30.7 Å². The van der Waals surface area contributed by atoms with Crippen molar-refractivity contribution in [1.82, 2.24) is 0 Å². The molecule has 2 aliphatic heterocycles. The van der Waals surface area contributed by atoms with Gasteiger partial charge in [-0.25, -0.2) is 13.2 Å². The number of amides is 2. The van der Waals surface area contributed by atoms with E-state index in [1.165, 1.54) is 0 Å². The van der Waals surface area contributed by atoms with Gasteiger partial charge in [-0.1, -0.05) is 12.1 Å². The van der Waals surface area contributed by atoms with Crippen LogP contribution in [-0.2, 0) is 9.84 Å². The van der Waals surface area contributed by atoms with Crippen LogP contribution in [0.2, 0.25) is 0 Å². The lowest BCUT2D eigenvalue weighted by Crippen LogP contribution is -2.38. The Balaban J connectivity index is 1.81. The average molecular weight is 386 g/mol.